The van der Waals surface area contributed by atoms with Gasteiger partial charge >= 0.3 is 0 Å². The highest BCUT2D eigenvalue weighted by Gasteiger charge is 2.27. The van der Waals surface area contributed by atoms with Gasteiger partial charge in [-0.1, -0.05) is 34.5 Å². The van der Waals surface area contributed by atoms with E-state index in [2.05, 4.69) is 55.0 Å². The number of piperazine rings is 1. The summed E-state index contributed by atoms with van der Waals surface area (Å²) in [7, 11) is -2.97. The quantitative estimate of drug-likeness (QED) is 0.501. The lowest BCUT2D eigenvalue weighted by Gasteiger charge is -2.38. The molecule has 2 aliphatic rings. The lowest BCUT2D eigenvalue weighted by atomic mass is 9.99. The Morgan fingerprint density at radius 1 is 1.09 bits per heavy atom. The molecule has 3 heterocycles. The Morgan fingerprint density at radius 3 is 2.53 bits per heavy atom. The van der Waals surface area contributed by atoms with Crippen LogP contribution in [0.15, 0.2) is 59.8 Å². The van der Waals surface area contributed by atoms with Gasteiger partial charge in [-0.3, -0.25) is 4.90 Å². The summed E-state index contributed by atoms with van der Waals surface area (Å²) in [4.78, 5) is 10.2. The number of imidazole rings is 1. The van der Waals surface area contributed by atoms with Gasteiger partial charge in [0.15, 0.2) is 4.90 Å². The van der Waals surface area contributed by atoms with Crippen LogP contribution in [-0.2, 0) is 14.4 Å². The third-order valence-corrected chi connectivity index (χ3v) is 8.56. The maximum Gasteiger partial charge on any atom is 0.244 e. The third-order valence-electron chi connectivity index (χ3n) is 7.43. The van der Waals surface area contributed by atoms with Crippen LogP contribution in [0.3, 0.4) is 0 Å². The average Bonchev–Trinajstić information content (AvgIpc) is 3.29. The zero-order chi connectivity index (χ0) is 23.5. The standard InChI is InChI=1S/C26H35N5O2S/c1-34(32,33)23-7-8-26-24(19-23)28-20-31(26)22-9-14-29(15-10-22)16-11-25(21-5-3-2-4-6-21)30-17-12-27-13-18-30/h2-8,19-20,22,25,27H,9-18H2,1H3/p+1. The summed E-state index contributed by atoms with van der Waals surface area (Å²) < 4.78 is 24.1. The van der Waals surface area contributed by atoms with E-state index in [1.165, 1.54) is 11.8 Å². The van der Waals surface area contributed by atoms with Crippen molar-refractivity contribution in [1.82, 2.24) is 24.7 Å². The Morgan fingerprint density at radius 2 is 1.82 bits per heavy atom. The lowest BCUT2D eigenvalue weighted by Crippen LogP contribution is -2.46. The molecule has 2 aliphatic heterocycles. The number of fused-ring (bicyclic) bond motifs is 1. The topological polar surface area (TPSA) is 73.6 Å². The SMILES string of the molecule is C[S+](=O)(O)c1ccc2c(c1)ncn2C1CCN(CCC(c2ccccc2)N2CCNCC2)CC1. The minimum atomic E-state index is -2.97. The van der Waals surface area contributed by atoms with Gasteiger partial charge in [0, 0.05) is 57.4 Å². The molecule has 3 aromatic rings. The fourth-order valence-electron chi connectivity index (χ4n) is 5.49. The van der Waals surface area contributed by atoms with Crippen molar-refractivity contribution in [2.45, 2.75) is 36.2 Å². The molecule has 8 heteroatoms. The number of hydrogen-bond acceptors (Lipinski definition) is 5. The molecule has 7 nitrogen and oxygen atoms in total. The predicted octanol–water partition coefficient (Wildman–Crippen LogP) is 3.67. The first-order valence-corrected chi connectivity index (χ1v) is 14.3. The molecule has 2 N–H and O–H groups in total. The summed E-state index contributed by atoms with van der Waals surface area (Å²) in [5, 5.41) is 3.48. The summed E-state index contributed by atoms with van der Waals surface area (Å²) in [6, 6.07) is 17.3. The largest absolute Gasteiger partial charge is 0.327 e. The van der Waals surface area contributed by atoms with Crippen molar-refractivity contribution >= 4 is 21.2 Å². The number of piperidine rings is 1. The van der Waals surface area contributed by atoms with Crippen LogP contribution in [0.1, 0.15) is 36.9 Å². The zero-order valence-electron chi connectivity index (χ0n) is 20.0. The van der Waals surface area contributed by atoms with Crippen LogP contribution in [0.4, 0.5) is 0 Å². The molecule has 2 atom stereocenters. The van der Waals surface area contributed by atoms with Crippen LogP contribution in [0.2, 0.25) is 0 Å². The minimum Gasteiger partial charge on any atom is -0.327 e. The van der Waals surface area contributed by atoms with Gasteiger partial charge < -0.3 is 14.8 Å². The van der Waals surface area contributed by atoms with Gasteiger partial charge in [-0.25, -0.2) is 4.98 Å². The van der Waals surface area contributed by atoms with Crippen molar-refractivity contribution in [1.29, 1.82) is 0 Å². The minimum absolute atomic E-state index is 0.422. The first-order chi connectivity index (χ1) is 16.5. The molecule has 0 spiro atoms. The van der Waals surface area contributed by atoms with E-state index in [0.717, 1.165) is 76.1 Å². The maximum absolute atomic E-state index is 12.0. The Bertz CT molecular complexity index is 1130. The molecule has 0 bridgehead atoms. The van der Waals surface area contributed by atoms with Crippen molar-refractivity contribution in [2.75, 3.05) is 52.1 Å². The summed E-state index contributed by atoms with van der Waals surface area (Å²) in [6.45, 7) is 7.66. The molecule has 0 saturated carbocycles. The van der Waals surface area contributed by atoms with Crippen LogP contribution in [0, 0.1) is 0 Å². The number of benzene rings is 2. The second kappa shape index (κ2) is 10.3. The van der Waals surface area contributed by atoms with Gasteiger partial charge in [0.1, 0.15) is 6.26 Å². The highest BCUT2D eigenvalue weighted by Crippen LogP contribution is 2.30. The average molecular weight is 483 g/mol. The lowest BCUT2D eigenvalue weighted by molar-refractivity contribution is 0.131. The first-order valence-electron chi connectivity index (χ1n) is 12.4. The van der Waals surface area contributed by atoms with Gasteiger partial charge in [0.2, 0.25) is 10.2 Å². The van der Waals surface area contributed by atoms with Crippen molar-refractivity contribution in [3.8, 4) is 0 Å². The van der Waals surface area contributed by atoms with E-state index in [9.17, 15) is 8.76 Å². The van der Waals surface area contributed by atoms with E-state index in [1.54, 1.807) is 12.1 Å². The highest BCUT2D eigenvalue weighted by atomic mass is 32.3. The number of likely N-dealkylation sites (tertiary alicyclic amines) is 1. The molecular weight excluding hydrogens is 446 g/mol. The van der Waals surface area contributed by atoms with Crippen LogP contribution in [0.25, 0.3) is 11.0 Å². The number of hydrogen-bond donors (Lipinski definition) is 2. The highest BCUT2D eigenvalue weighted by molar-refractivity contribution is 7.97. The van der Waals surface area contributed by atoms with Crippen LogP contribution >= 0.6 is 0 Å². The summed E-state index contributed by atoms with van der Waals surface area (Å²) >= 11 is 0. The Hall–Kier alpha value is -2.10. The number of nitrogens with one attached hydrogen (secondary N) is 1. The monoisotopic (exact) mass is 482 g/mol. The molecule has 1 aromatic heterocycles. The summed E-state index contributed by atoms with van der Waals surface area (Å²) in [5.41, 5.74) is 3.28. The molecule has 0 aliphatic carbocycles. The Labute approximate surface area is 203 Å². The molecule has 5 rings (SSSR count). The fraction of sp³-hybridized carbons (Fsp3) is 0.500. The smallest absolute Gasteiger partial charge is 0.244 e. The molecule has 2 fully saturated rings. The molecular formula is C26H36N5O2S+. The maximum atomic E-state index is 12.0. The normalized spacial score (nSPS) is 21.5. The molecule has 182 valence electrons. The van der Waals surface area contributed by atoms with Crippen molar-refractivity contribution in [3.63, 3.8) is 0 Å². The van der Waals surface area contributed by atoms with Gasteiger partial charge in [-0.15, -0.1) is 0 Å². The van der Waals surface area contributed by atoms with Crippen molar-refractivity contribution in [3.05, 3.63) is 60.4 Å². The summed E-state index contributed by atoms with van der Waals surface area (Å²) in [6.07, 6.45) is 6.61. The van der Waals surface area contributed by atoms with E-state index in [-0.39, 0.29) is 0 Å². The fourth-order valence-corrected chi connectivity index (χ4v) is 6.14. The molecule has 2 saturated heterocycles. The number of rotatable bonds is 7. The van der Waals surface area contributed by atoms with Crippen LogP contribution in [-0.4, -0.2) is 76.0 Å². The first kappa shape index (κ1) is 23.6. The summed E-state index contributed by atoms with van der Waals surface area (Å²) in [5.74, 6) is 0. The molecule has 2 unspecified atom stereocenters. The zero-order valence-corrected chi connectivity index (χ0v) is 20.8. The van der Waals surface area contributed by atoms with E-state index < -0.39 is 10.2 Å². The van der Waals surface area contributed by atoms with Crippen molar-refractivity contribution < 1.29 is 8.76 Å². The van der Waals surface area contributed by atoms with Gasteiger partial charge in [0.25, 0.3) is 0 Å². The van der Waals surface area contributed by atoms with Crippen molar-refractivity contribution in [2.24, 2.45) is 0 Å². The van der Waals surface area contributed by atoms with E-state index in [4.69, 9.17) is 0 Å². The second-order valence-electron chi connectivity index (χ2n) is 9.68. The van der Waals surface area contributed by atoms with Gasteiger partial charge in [-0.2, -0.15) is 4.55 Å². The van der Waals surface area contributed by atoms with Crippen LogP contribution < -0.4 is 5.32 Å². The predicted molar refractivity (Wildman–Crippen MR) is 138 cm³/mol. The second-order valence-corrected chi connectivity index (χ2v) is 11.8. The Kier molecular flexibility index (Phi) is 7.13. The van der Waals surface area contributed by atoms with Gasteiger partial charge in [-0.05, 0) is 43.5 Å². The van der Waals surface area contributed by atoms with E-state index in [1.807, 2.05) is 12.4 Å². The van der Waals surface area contributed by atoms with Crippen LogP contribution in [0.5, 0.6) is 0 Å². The third kappa shape index (κ3) is 5.26. The van der Waals surface area contributed by atoms with E-state index >= 15 is 0 Å². The van der Waals surface area contributed by atoms with Gasteiger partial charge in [0.05, 0.1) is 17.4 Å². The molecule has 2 aromatic carbocycles. The Balaban J connectivity index is 1.21. The molecule has 34 heavy (non-hydrogen) atoms. The van der Waals surface area contributed by atoms with E-state index in [0.29, 0.717) is 17.0 Å². The molecule has 0 amide bonds. The molecule has 0 radical (unpaired) electrons. The number of nitrogens with zero attached hydrogens (tertiary/aromatic N) is 4. The number of aromatic nitrogens is 2.